The maximum Gasteiger partial charge on any atom is 0.476 e. The van der Waals surface area contributed by atoms with Crippen LogP contribution in [0.5, 0.6) is 0 Å². The van der Waals surface area contributed by atoms with Gasteiger partial charge in [0.05, 0.1) is 0 Å². The van der Waals surface area contributed by atoms with Crippen molar-refractivity contribution in [1.82, 2.24) is 0 Å². The van der Waals surface area contributed by atoms with E-state index in [2.05, 4.69) is 10.5 Å². The summed E-state index contributed by atoms with van der Waals surface area (Å²) in [6.07, 6.45) is -9.18. The summed E-state index contributed by atoms with van der Waals surface area (Å²) in [5, 5.41) is 0. The molecule has 0 saturated heterocycles. The molecule has 0 fully saturated rings. The number of amides is 1. The SMILES string of the molecule is NC(=O)C(F)(F)C(F)(F)OC(F)=C(F)F. The maximum absolute atomic E-state index is 12.2. The van der Waals surface area contributed by atoms with Crippen molar-refractivity contribution in [3.8, 4) is 0 Å². The van der Waals surface area contributed by atoms with Gasteiger partial charge in [0, 0.05) is 0 Å². The lowest BCUT2D eigenvalue weighted by Gasteiger charge is -2.22. The minimum atomic E-state index is -5.80. The van der Waals surface area contributed by atoms with Crippen molar-refractivity contribution in [1.29, 1.82) is 0 Å². The van der Waals surface area contributed by atoms with E-state index in [4.69, 9.17) is 0 Å². The van der Waals surface area contributed by atoms with E-state index in [1.54, 1.807) is 0 Å². The van der Waals surface area contributed by atoms with Crippen LogP contribution in [0.3, 0.4) is 0 Å². The molecular weight excluding hydrogens is 239 g/mol. The van der Waals surface area contributed by atoms with Gasteiger partial charge in [-0.2, -0.15) is 30.7 Å². The van der Waals surface area contributed by atoms with Crippen LogP contribution in [-0.2, 0) is 9.53 Å². The first kappa shape index (κ1) is 13.5. The minimum Gasteiger partial charge on any atom is -0.397 e. The maximum atomic E-state index is 12.2. The Morgan fingerprint density at radius 2 is 1.47 bits per heavy atom. The lowest BCUT2D eigenvalue weighted by atomic mass is 10.3. The van der Waals surface area contributed by atoms with Crippen LogP contribution >= 0.6 is 0 Å². The monoisotopic (exact) mass is 241 g/mol. The fourth-order valence-corrected chi connectivity index (χ4v) is 0.359. The molecular formula is C5H2F7NO2. The Bertz CT molecular complexity index is 296. The summed E-state index contributed by atoms with van der Waals surface area (Å²) in [5.41, 5.74) is 3.83. The van der Waals surface area contributed by atoms with Gasteiger partial charge in [-0.1, -0.05) is 0 Å². The van der Waals surface area contributed by atoms with Crippen LogP contribution in [0.2, 0.25) is 0 Å². The Morgan fingerprint density at radius 1 is 1.07 bits per heavy atom. The predicted octanol–water partition coefficient (Wildman–Crippen LogP) is 1.75. The highest BCUT2D eigenvalue weighted by Gasteiger charge is 2.65. The molecule has 0 aromatic rings. The summed E-state index contributed by atoms with van der Waals surface area (Å²) in [6, 6.07) is -3.22. The number of hydrogen-bond acceptors (Lipinski definition) is 2. The highest BCUT2D eigenvalue weighted by Crippen LogP contribution is 2.37. The van der Waals surface area contributed by atoms with Gasteiger partial charge in [-0.3, -0.25) is 4.79 Å². The number of primary amides is 1. The Balaban J connectivity index is 5.00. The molecule has 0 aromatic carbocycles. The second kappa shape index (κ2) is 3.95. The van der Waals surface area contributed by atoms with Crippen LogP contribution in [0.1, 0.15) is 0 Å². The van der Waals surface area contributed by atoms with E-state index in [1.165, 1.54) is 0 Å². The third kappa shape index (κ3) is 2.73. The number of carbonyl (C=O) groups excluding carboxylic acids is 1. The molecule has 0 radical (unpaired) electrons. The summed E-state index contributed by atoms with van der Waals surface area (Å²) < 4.78 is 85.2. The Hall–Kier alpha value is -1.48. The summed E-state index contributed by atoms with van der Waals surface area (Å²) in [4.78, 5) is 9.81. The van der Waals surface area contributed by atoms with Crippen molar-refractivity contribution < 1.29 is 40.3 Å². The number of hydrogen-bond donors (Lipinski definition) is 1. The molecule has 0 atom stereocenters. The van der Waals surface area contributed by atoms with Gasteiger partial charge in [-0.05, 0) is 0 Å². The van der Waals surface area contributed by atoms with Gasteiger partial charge in [-0.15, -0.1) is 0 Å². The number of nitrogens with two attached hydrogens (primary N) is 1. The molecule has 88 valence electrons. The highest BCUT2D eigenvalue weighted by atomic mass is 19.3. The molecule has 3 nitrogen and oxygen atoms in total. The van der Waals surface area contributed by atoms with E-state index in [1.807, 2.05) is 0 Å². The smallest absolute Gasteiger partial charge is 0.397 e. The highest BCUT2D eigenvalue weighted by molar-refractivity contribution is 5.82. The van der Waals surface area contributed by atoms with Crippen LogP contribution in [0, 0.1) is 0 Å². The van der Waals surface area contributed by atoms with E-state index in [0.29, 0.717) is 0 Å². The van der Waals surface area contributed by atoms with Crippen molar-refractivity contribution >= 4 is 5.91 Å². The normalized spacial score (nSPS) is 12.2. The Kier molecular flexibility index (Phi) is 3.56. The standard InChI is InChI=1S/C5H2F7NO2/c6-1(7)2(8)15-5(11,12)4(9,10)3(13)14/h(H2,13,14). The van der Waals surface area contributed by atoms with Crippen LogP contribution < -0.4 is 5.73 Å². The number of rotatable bonds is 4. The van der Waals surface area contributed by atoms with Crippen LogP contribution in [0.4, 0.5) is 30.7 Å². The van der Waals surface area contributed by atoms with Crippen LogP contribution in [0.25, 0.3) is 0 Å². The van der Waals surface area contributed by atoms with Crippen molar-refractivity contribution in [3.63, 3.8) is 0 Å². The fraction of sp³-hybridized carbons (Fsp3) is 0.400. The molecule has 2 N–H and O–H groups in total. The van der Waals surface area contributed by atoms with E-state index in [0.717, 1.165) is 0 Å². The van der Waals surface area contributed by atoms with Gasteiger partial charge in [0.2, 0.25) is 0 Å². The van der Waals surface area contributed by atoms with E-state index in [-0.39, 0.29) is 0 Å². The third-order valence-electron chi connectivity index (χ3n) is 1.04. The van der Waals surface area contributed by atoms with Gasteiger partial charge < -0.3 is 10.5 Å². The zero-order valence-electron chi connectivity index (χ0n) is 6.54. The molecule has 15 heavy (non-hydrogen) atoms. The van der Waals surface area contributed by atoms with Crippen molar-refractivity contribution in [2.75, 3.05) is 0 Å². The molecule has 0 heterocycles. The second-order valence-electron chi connectivity index (χ2n) is 2.09. The van der Waals surface area contributed by atoms with E-state index >= 15 is 0 Å². The first-order valence-corrected chi connectivity index (χ1v) is 2.97. The molecule has 0 spiro atoms. The van der Waals surface area contributed by atoms with Crippen molar-refractivity contribution in [2.24, 2.45) is 5.73 Å². The quantitative estimate of drug-likeness (QED) is 0.602. The van der Waals surface area contributed by atoms with Gasteiger partial charge in [0.1, 0.15) is 0 Å². The molecule has 0 unspecified atom stereocenters. The van der Waals surface area contributed by atoms with Gasteiger partial charge in [0.25, 0.3) is 5.91 Å². The van der Waals surface area contributed by atoms with Gasteiger partial charge in [-0.25, -0.2) is 0 Å². The summed E-state index contributed by atoms with van der Waals surface area (Å²) in [7, 11) is 0. The molecule has 0 saturated carbocycles. The van der Waals surface area contributed by atoms with E-state index in [9.17, 15) is 35.5 Å². The summed E-state index contributed by atoms with van der Waals surface area (Å²) in [6.45, 7) is 0. The molecule has 0 bridgehead atoms. The zero-order valence-corrected chi connectivity index (χ0v) is 6.54. The molecule has 10 heteroatoms. The second-order valence-corrected chi connectivity index (χ2v) is 2.09. The minimum absolute atomic E-state index is 2.30. The van der Waals surface area contributed by atoms with Gasteiger partial charge in [0.15, 0.2) is 0 Å². The predicted molar refractivity (Wildman–Crippen MR) is 30.5 cm³/mol. The molecule has 0 rings (SSSR count). The average Bonchev–Trinajstić information content (AvgIpc) is 2.02. The molecule has 0 aliphatic rings. The average molecular weight is 241 g/mol. The Labute approximate surface area is 77.3 Å². The van der Waals surface area contributed by atoms with Crippen molar-refractivity contribution in [2.45, 2.75) is 12.0 Å². The third-order valence-corrected chi connectivity index (χ3v) is 1.04. The molecule has 1 amide bonds. The lowest BCUT2D eigenvalue weighted by molar-refractivity contribution is -0.325. The van der Waals surface area contributed by atoms with E-state index < -0.39 is 30.0 Å². The molecule has 0 aliphatic heterocycles. The largest absolute Gasteiger partial charge is 0.476 e. The molecule has 0 aromatic heterocycles. The Morgan fingerprint density at radius 3 is 1.73 bits per heavy atom. The topological polar surface area (TPSA) is 52.3 Å². The first-order chi connectivity index (χ1) is 6.52. The van der Waals surface area contributed by atoms with Gasteiger partial charge >= 0.3 is 24.1 Å². The van der Waals surface area contributed by atoms with Crippen LogP contribution in [0.15, 0.2) is 12.1 Å². The van der Waals surface area contributed by atoms with Crippen LogP contribution in [-0.4, -0.2) is 17.9 Å². The number of ether oxygens (including phenoxy) is 1. The number of alkyl halides is 4. The summed E-state index contributed by atoms with van der Waals surface area (Å²) >= 11 is 0. The number of carbonyl (C=O) groups is 1. The first-order valence-electron chi connectivity index (χ1n) is 2.97. The fourth-order valence-electron chi connectivity index (χ4n) is 0.359. The lowest BCUT2D eigenvalue weighted by Crippen LogP contribution is -2.51. The zero-order chi connectivity index (χ0) is 12.4. The number of halogens is 7. The summed E-state index contributed by atoms with van der Waals surface area (Å²) in [5.74, 6) is -8.46. The van der Waals surface area contributed by atoms with Crippen molar-refractivity contribution in [3.05, 3.63) is 12.1 Å². The molecule has 0 aliphatic carbocycles.